The van der Waals surface area contributed by atoms with Gasteiger partial charge in [0.05, 0.1) is 11.4 Å². The quantitative estimate of drug-likeness (QED) is 0.908. The number of nitrogens with one attached hydrogen (secondary N) is 1. The smallest absolute Gasteiger partial charge is 0.241 e. The molecule has 6 heteroatoms. The largest absolute Gasteiger partial charge is 0.342 e. The first-order valence-electron chi connectivity index (χ1n) is 6.75. The van der Waals surface area contributed by atoms with Gasteiger partial charge >= 0.3 is 0 Å². The van der Waals surface area contributed by atoms with Gasteiger partial charge in [0.25, 0.3) is 0 Å². The zero-order valence-electron chi connectivity index (χ0n) is 11.8. The standard InChI is InChI=1S/C14H20N2O3S/c1-11-5-6-13(9-12(11)2)20(18,19)15-10-14(17)16-7-3-4-8-16/h5-6,9,15H,3-4,7-8,10H2,1-2H3. The molecule has 0 bridgehead atoms. The molecule has 1 aromatic carbocycles. The molecular weight excluding hydrogens is 276 g/mol. The summed E-state index contributed by atoms with van der Waals surface area (Å²) >= 11 is 0. The summed E-state index contributed by atoms with van der Waals surface area (Å²) in [6.07, 6.45) is 1.99. The van der Waals surface area contributed by atoms with Crippen LogP contribution in [0.15, 0.2) is 23.1 Å². The Morgan fingerprint density at radius 1 is 1.20 bits per heavy atom. The van der Waals surface area contributed by atoms with Gasteiger partial charge in [-0.1, -0.05) is 6.07 Å². The molecule has 0 unspecified atom stereocenters. The van der Waals surface area contributed by atoms with Crippen molar-refractivity contribution in [2.45, 2.75) is 31.6 Å². The highest BCUT2D eigenvalue weighted by Gasteiger charge is 2.21. The second-order valence-electron chi connectivity index (χ2n) is 5.16. The Morgan fingerprint density at radius 2 is 1.85 bits per heavy atom. The van der Waals surface area contributed by atoms with E-state index < -0.39 is 10.0 Å². The molecule has 1 aliphatic rings. The molecule has 1 N–H and O–H groups in total. The van der Waals surface area contributed by atoms with Gasteiger partial charge in [-0.2, -0.15) is 0 Å². The van der Waals surface area contributed by atoms with Crippen molar-refractivity contribution in [2.75, 3.05) is 19.6 Å². The summed E-state index contributed by atoms with van der Waals surface area (Å²) < 4.78 is 26.6. The van der Waals surface area contributed by atoms with E-state index in [4.69, 9.17) is 0 Å². The lowest BCUT2D eigenvalue weighted by Crippen LogP contribution is -2.38. The normalized spacial score (nSPS) is 15.6. The van der Waals surface area contributed by atoms with Crippen molar-refractivity contribution in [3.63, 3.8) is 0 Å². The molecule has 110 valence electrons. The molecule has 1 aliphatic heterocycles. The molecule has 0 aromatic heterocycles. The molecule has 0 radical (unpaired) electrons. The number of hydrogen-bond acceptors (Lipinski definition) is 3. The highest BCUT2D eigenvalue weighted by Crippen LogP contribution is 2.14. The van der Waals surface area contributed by atoms with Gasteiger partial charge in [0, 0.05) is 13.1 Å². The van der Waals surface area contributed by atoms with E-state index in [0.717, 1.165) is 37.1 Å². The first-order chi connectivity index (χ1) is 9.40. The molecule has 0 aliphatic carbocycles. The van der Waals surface area contributed by atoms with Crippen LogP contribution in [0.5, 0.6) is 0 Å². The molecule has 0 atom stereocenters. The van der Waals surface area contributed by atoms with Crippen LogP contribution < -0.4 is 4.72 Å². The molecule has 5 nitrogen and oxygen atoms in total. The van der Waals surface area contributed by atoms with Crippen LogP contribution in [0, 0.1) is 13.8 Å². The minimum absolute atomic E-state index is 0.157. The van der Waals surface area contributed by atoms with Gasteiger partial charge < -0.3 is 4.90 Å². The Balaban J connectivity index is 2.03. The summed E-state index contributed by atoms with van der Waals surface area (Å²) in [4.78, 5) is 13.7. The third-order valence-electron chi connectivity index (χ3n) is 3.66. The zero-order chi connectivity index (χ0) is 14.8. The summed E-state index contributed by atoms with van der Waals surface area (Å²) in [5.41, 5.74) is 1.95. The number of carbonyl (C=O) groups excluding carboxylic acids is 1. The summed E-state index contributed by atoms with van der Waals surface area (Å²) in [5.74, 6) is -0.157. The maximum atomic E-state index is 12.1. The molecule has 2 rings (SSSR count). The highest BCUT2D eigenvalue weighted by molar-refractivity contribution is 7.89. The Kier molecular flexibility index (Phi) is 4.45. The second-order valence-corrected chi connectivity index (χ2v) is 6.93. The fourth-order valence-corrected chi connectivity index (χ4v) is 3.26. The maximum absolute atomic E-state index is 12.1. The average molecular weight is 296 g/mol. The Hall–Kier alpha value is -1.40. The van der Waals surface area contributed by atoms with Crippen LogP contribution in [0.3, 0.4) is 0 Å². The third kappa shape index (κ3) is 3.37. The van der Waals surface area contributed by atoms with Gasteiger partial charge in [-0.15, -0.1) is 0 Å². The highest BCUT2D eigenvalue weighted by atomic mass is 32.2. The summed E-state index contributed by atoms with van der Waals surface area (Å²) in [6, 6.07) is 4.95. The number of benzene rings is 1. The minimum Gasteiger partial charge on any atom is -0.342 e. The monoisotopic (exact) mass is 296 g/mol. The first kappa shape index (κ1) is 15.0. The third-order valence-corrected chi connectivity index (χ3v) is 5.06. The van der Waals surface area contributed by atoms with Crippen LogP contribution >= 0.6 is 0 Å². The second kappa shape index (κ2) is 5.93. The fourth-order valence-electron chi connectivity index (χ4n) is 2.20. The average Bonchev–Trinajstić information content (AvgIpc) is 2.93. The van der Waals surface area contributed by atoms with Crippen molar-refractivity contribution in [1.29, 1.82) is 0 Å². The number of amides is 1. The molecule has 0 spiro atoms. The SMILES string of the molecule is Cc1ccc(S(=O)(=O)NCC(=O)N2CCCC2)cc1C. The molecule has 0 saturated carbocycles. The zero-order valence-corrected chi connectivity index (χ0v) is 12.7. The lowest BCUT2D eigenvalue weighted by atomic mass is 10.1. The van der Waals surface area contributed by atoms with Crippen LogP contribution in [0.4, 0.5) is 0 Å². The van der Waals surface area contributed by atoms with Gasteiger partial charge in [0.1, 0.15) is 0 Å². The fraction of sp³-hybridized carbons (Fsp3) is 0.500. The number of hydrogen-bond donors (Lipinski definition) is 1. The van der Waals surface area contributed by atoms with Crippen molar-refractivity contribution >= 4 is 15.9 Å². The van der Waals surface area contributed by atoms with Crippen molar-refractivity contribution in [1.82, 2.24) is 9.62 Å². The molecule has 1 amide bonds. The van der Waals surface area contributed by atoms with E-state index in [-0.39, 0.29) is 17.3 Å². The number of nitrogens with zero attached hydrogens (tertiary/aromatic N) is 1. The lowest BCUT2D eigenvalue weighted by Gasteiger charge is -2.15. The van der Waals surface area contributed by atoms with Crippen LogP contribution in [-0.4, -0.2) is 38.9 Å². The van der Waals surface area contributed by atoms with Crippen LogP contribution in [-0.2, 0) is 14.8 Å². The molecule has 1 fully saturated rings. The predicted molar refractivity (Wildman–Crippen MR) is 76.9 cm³/mol. The van der Waals surface area contributed by atoms with Crippen molar-refractivity contribution in [2.24, 2.45) is 0 Å². The number of likely N-dealkylation sites (tertiary alicyclic amines) is 1. The summed E-state index contributed by atoms with van der Waals surface area (Å²) in [5, 5.41) is 0. The molecule has 1 heterocycles. The number of rotatable bonds is 4. The molecular formula is C14H20N2O3S. The number of aryl methyl sites for hydroxylation is 2. The maximum Gasteiger partial charge on any atom is 0.241 e. The molecule has 1 saturated heterocycles. The van der Waals surface area contributed by atoms with E-state index in [1.165, 1.54) is 0 Å². The topological polar surface area (TPSA) is 66.5 Å². The van der Waals surface area contributed by atoms with Crippen LogP contribution in [0.25, 0.3) is 0 Å². The van der Waals surface area contributed by atoms with Crippen molar-refractivity contribution < 1.29 is 13.2 Å². The van der Waals surface area contributed by atoms with E-state index in [2.05, 4.69) is 4.72 Å². The van der Waals surface area contributed by atoms with Gasteiger partial charge in [0.15, 0.2) is 0 Å². The van der Waals surface area contributed by atoms with Gasteiger partial charge in [-0.05, 0) is 49.9 Å². The van der Waals surface area contributed by atoms with Crippen molar-refractivity contribution in [3.8, 4) is 0 Å². The van der Waals surface area contributed by atoms with E-state index in [9.17, 15) is 13.2 Å². The number of sulfonamides is 1. The number of carbonyl (C=O) groups is 1. The van der Waals surface area contributed by atoms with Gasteiger partial charge in [-0.3, -0.25) is 4.79 Å². The van der Waals surface area contributed by atoms with Gasteiger partial charge in [0.2, 0.25) is 15.9 Å². The molecule has 20 heavy (non-hydrogen) atoms. The van der Waals surface area contributed by atoms with Gasteiger partial charge in [-0.25, -0.2) is 13.1 Å². The van der Waals surface area contributed by atoms with E-state index >= 15 is 0 Å². The minimum atomic E-state index is -3.62. The Labute approximate surface area is 120 Å². The van der Waals surface area contributed by atoms with E-state index in [1.54, 1.807) is 23.1 Å². The Bertz CT molecular complexity index is 605. The summed E-state index contributed by atoms with van der Waals surface area (Å²) in [7, 11) is -3.62. The van der Waals surface area contributed by atoms with Crippen LogP contribution in [0.2, 0.25) is 0 Å². The van der Waals surface area contributed by atoms with E-state index in [1.807, 2.05) is 13.8 Å². The first-order valence-corrected chi connectivity index (χ1v) is 8.23. The van der Waals surface area contributed by atoms with E-state index in [0.29, 0.717) is 0 Å². The van der Waals surface area contributed by atoms with Crippen molar-refractivity contribution in [3.05, 3.63) is 29.3 Å². The van der Waals surface area contributed by atoms with Crippen LogP contribution in [0.1, 0.15) is 24.0 Å². The Morgan fingerprint density at radius 3 is 2.45 bits per heavy atom. The molecule has 1 aromatic rings. The lowest BCUT2D eigenvalue weighted by molar-refractivity contribution is -0.128. The summed E-state index contributed by atoms with van der Waals surface area (Å²) in [6.45, 7) is 5.07. The predicted octanol–water partition coefficient (Wildman–Crippen LogP) is 1.20.